The van der Waals surface area contributed by atoms with E-state index in [0.29, 0.717) is 11.8 Å². The van der Waals surface area contributed by atoms with Gasteiger partial charge < -0.3 is 5.32 Å². The van der Waals surface area contributed by atoms with Gasteiger partial charge in [0.15, 0.2) is 0 Å². The fraction of sp³-hybridized carbons (Fsp3) is 0.333. The van der Waals surface area contributed by atoms with Gasteiger partial charge in [0.1, 0.15) is 0 Å². The molecule has 3 aromatic rings. The van der Waals surface area contributed by atoms with Crippen LogP contribution in [0, 0.1) is 13.4 Å². The Kier molecular flexibility index (Phi) is 24.2. The van der Waals surface area contributed by atoms with E-state index in [1.165, 1.54) is 16.7 Å². The van der Waals surface area contributed by atoms with Gasteiger partial charge in [0.2, 0.25) is 0 Å². The van der Waals surface area contributed by atoms with E-state index in [-0.39, 0.29) is 31.9 Å². The van der Waals surface area contributed by atoms with Gasteiger partial charge in [-0.2, -0.15) is 5.10 Å². The largest absolute Gasteiger partial charge is 4.00 e. The predicted octanol–water partition coefficient (Wildman–Crippen LogP) is 6.49. The van der Waals surface area contributed by atoms with E-state index in [1.54, 1.807) is 0 Å². The molecule has 1 aromatic heterocycles. The van der Waals surface area contributed by atoms with E-state index in [1.807, 2.05) is 17.9 Å². The number of aryl methyl sites for hydroxylation is 1. The number of nitrogens with zero attached hydrogens (tertiary/aromatic N) is 3. The van der Waals surface area contributed by atoms with E-state index in [2.05, 4.69) is 101 Å². The molecule has 1 heterocycles. The summed E-state index contributed by atoms with van der Waals surface area (Å²) >= 11 is 3.17. The molecule has 0 saturated carbocycles. The molecule has 0 fully saturated rings. The van der Waals surface area contributed by atoms with Gasteiger partial charge in [-0.25, -0.2) is 0 Å². The Hall–Kier alpha value is 1.09. The second-order valence-corrected chi connectivity index (χ2v) is 7.84. The van der Waals surface area contributed by atoms with E-state index in [0.717, 1.165) is 95.1 Å². The van der Waals surface area contributed by atoms with Gasteiger partial charge in [-0.05, 0) is 29.9 Å². The van der Waals surface area contributed by atoms with Crippen molar-refractivity contribution in [3.8, 4) is 0 Å². The number of benzene rings is 2. The van der Waals surface area contributed by atoms with Crippen molar-refractivity contribution in [2.75, 3.05) is 0 Å². The number of aromatic nitrogens is 2. The molecule has 0 aliphatic carbocycles. The quantitative estimate of drug-likeness (QED) is 0.197. The van der Waals surface area contributed by atoms with Crippen LogP contribution in [-0.2, 0) is 39.3 Å². The summed E-state index contributed by atoms with van der Waals surface area (Å²) in [5.41, 5.74) is 6.08. The van der Waals surface area contributed by atoms with E-state index >= 15 is 0 Å². The summed E-state index contributed by atoms with van der Waals surface area (Å²) in [4.78, 5) is 0. The Morgan fingerprint density at radius 1 is 0.794 bits per heavy atom. The fourth-order valence-electron chi connectivity index (χ4n) is 3.48. The minimum atomic E-state index is 0. The first kappa shape index (κ1) is 37.2. The van der Waals surface area contributed by atoms with Crippen LogP contribution >= 0.6 is 0 Å². The van der Waals surface area contributed by atoms with E-state index in [4.69, 9.17) is 5.32 Å². The third kappa shape index (κ3) is 12.6. The molecule has 0 spiro atoms. The summed E-state index contributed by atoms with van der Waals surface area (Å²) < 4.78 is 12.0. The van der Waals surface area contributed by atoms with Gasteiger partial charge in [0, 0.05) is 18.9 Å². The first-order valence-corrected chi connectivity index (χ1v) is 19.1. The summed E-state index contributed by atoms with van der Waals surface area (Å²) in [6.45, 7) is 8.97. The molecule has 0 amide bonds. The van der Waals surface area contributed by atoms with Crippen molar-refractivity contribution >= 4 is 83.0 Å². The standard InChI is InChI=1S/C24H30N3.3CH2.Hf.3Pb/c1-17(2)20-12-9-13-21(18(3)4)24(20)25-23(22-14-15-27(5)26-22)16-19-10-7-6-8-11-19;;;;;;;/h6-15,17-18,23H,16H2,1-5H3;3*1H2;;;;/q4*-1;+4;;;. The summed E-state index contributed by atoms with van der Waals surface area (Å²) in [5.74, 6) is 0.868. The predicted molar refractivity (Wildman–Crippen MR) is 147 cm³/mol. The maximum absolute atomic E-state index is 5.30. The van der Waals surface area contributed by atoms with Gasteiger partial charge in [0.25, 0.3) is 0 Å². The molecule has 175 valence electrons. The molecule has 1 unspecified atom stereocenters. The number of hydrogen-bond donors (Lipinski definition) is 0. The first-order valence-electron chi connectivity index (χ1n) is 10.9. The Morgan fingerprint density at radius 3 is 1.71 bits per heavy atom. The third-order valence-electron chi connectivity index (χ3n) is 4.97. The molecule has 0 aliphatic heterocycles. The number of hydrogen-bond acceptors (Lipinski definition) is 1. The van der Waals surface area contributed by atoms with Crippen LogP contribution in [0.15, 0.2) is 60.8 Å². The van der Waals surface area contributed by atoms with Crippen LogP contribution in [0.2, 0.25) is 0 Å². The molecule has 3 nitrogen and oxygen atoms in total. The summed E-state index contributed by atoms with van der Waals surface area (Å²) in [7, 11) is 1.96. The summed E-state index contributed by atoms with van der Waals surface area (Å²) in [6, 6.07) is 19.3. The van der Waals surface area contributed by atoms with Crippen LogP contribution in [-0.4, -0.2) is 87.1 Å². The van der Waals surface area contributed by atoms with Gasteiger partial charge in [-0.15, -0.1) is 5.69 Å². The fourth-order valence-corrected chi connectivity index (χ4v) is 3.48. The van der Waals surface area contributed by atoms with Crippen LogP contribution in [0.1, 0.15) is 68.0 Å². The Labute approximate surface area is 275 Å². The molecule has 1 atom stereocenters. The van der Waals surface area contributed by atoms with Crippen molar-refractivity contribution in [3.05, 3.63) is 102 Å². The van der Waals surface area contributed by atoms with Crippen molar-refractivity contribution in [1.29, 1.82) is 0 Å². The first-order chi connectivity index (χ1) is 16.0. The van der Waals surface area contributed by atoms with Crippen LogP contribution < -0.4 is 0 Å². The SMILES string of the molecule is CC(C)c1cccc(C(C)C)c1[N-]C(Cc1ccccc1)c1ccn(C)n1.[CH2-][Pb].[CH2-][Pb].[CH2-][Pb].[Hf+4]. The molecule has 7 heteroatoms. The van der Waals surface area contributed by atoms with Crippen LogP contribution in [0.5, 0.6) is 0 Å². The minimum absolute atomic E-state index is 0. The number of rotatable bonds is 7. The zero-order valence-corrected chi connectivity index (χ0v) is 36.4. The average molecular weight is 1200 g/mol. The maximum Gasteiger partial charge on any atom is 4.00 e. The van der Waals surface area contributed by atoms with Crippen molar-refractivity contribution in [2.24, 2.45) is 7.05 Å². The molecule has 0 N–H and O–H groups in total. The Morgan fingerprint density at radius 2 is 1.29 bits per heavy atom. The average Bonchev–Trinajstić information content (AvgIpc) is 3.29. The van der Waals surface area contributed by atoms with Gasteiger partial charge in [-0.1, -0.05) is 93.4 Å². The third-order valence-corrected chi connectivity index (χ3v) is 4.97. The molecule has 34 heavy (non-hydrogen) atoms. The van der Waals surface area contributed by atoms with E-state index in [9.17, 15) is 0 Å². The summed E-state index contributed by atoms with van der Waals surface area (Å²) in [6.07, 6.45) is 2.85. The van der Waals surface area contributed by atoms with Crippen LogP contribution in [0.3, 0.4) is 0 Å². The van der Waals surface area contributed by atoms with Gasteiger partial charge >= 0.3 is 117 Å². The number of para-hydroxylation sites is 1. The van der Waals surface area contributed by atoms with Crippen molar-refractivity contribution < 1.29 is 25.8 Å². The van der Waals surface area contributed by atoms with Crippen molar-refractivity contribution in [2.45, 2.75) is 52.0 Å². The Bertz CT molecular complexity index is 858. The zero-order chi connectivity index (χ0) is 25.4. The van der Waals surface area contributed by atoms with Gasteiger partial charge in [-0.3, -0.25) is 4.68 Å². The molecule has 9 radical (unpaired) electrons. The normalized spacial score (nSPS) is 10.5. The molecule has 0 bridgehead atoms. The smallest absolute Gasteiger partial charge is 4.00 e. The van der Waals surface area contributed by atoms with Crippen LogP contribution in [0.25, 0.3) is 5.32 Å². The maximum atomic E-state index is 5.30. The Balaban J connectivity index is 0. The molecular formula is C27H36HfN3Pb3. The second-order valence-electron chi connectivity index (χ2n) is 7.84. The second kappa shape index (κ2) is 22.1. The van der Waals surface area contributed by atoms with Gasteiger partial charge in [0.05, 0.1) is 0 Å². The zero-order valence-electron chi connectivity index (χ0n) is 21.2. The van der Waals surface area contributed by atoms with E-state index < -0.39 is 0 Å². The molecular weight excluding hydrogens is 1170 g/mol. The van der Waals surface area contributed by atoms with Crippen molar-refractivity contribution in [1.82, 2.24) is 9.78 Å². The monoisotopic (exact) mass is 1210 g/mol. The molecule has 0 saturated heterocycles. The van der Waals surface area contributed by atoms with Crippen LogP contribution in [0.4, 0.5) is 5.69 Å². The van der Waals surface area contributed by atoms with Crippen molar-refractivity contribution in [3.63, 3.8) is 0 Å². The topological polar surface area (TPSA) is 31.9 Å². The summed E-state index contributed by atoms with van der Waals surface area (Å²) in [5, 5.41) is 9.98. The molecule has 3 rings (SSSR count). The minimum Gasteiger partial charge on any atom is 4.00 e. The molecule has 2 aromatic carbocycles. The molecule has 0 aliphatic rings.